The highest BCUT2D eigenvalue weighted by atomic mass is 32.1. The highest BCUT2D eigenvalue weighted by molar-refractivity contribution is 7.09. The Bertz CT molecular complexity index is 474. The van der Waals surface area contributed by atoms with E-state index in [1.165, 1.54) is 5.56 Å². The van der Waals surface area contributed by atoms with Gasteiger partial charge in [0.1, 0.15) is 0 Å². The monoisotopic (exact) mass is 250 g/mol. The lowest BCUT2D eigenvalue weighted by molar-refractivity contribution is 0.537. The first-order chi connectivity index (χ1) is 8.19. The van der Waals surface area contributed by atoms with Crippen molar-refractivity contribution in [3.05, 3.63) is 34.0 Å². The fourth-order valence-corrected chi connectivity index (χ4v) is 2.56. The molecule has 0 aliphatic rings. The van der Waals surface area contributed by atoms with Crippen molar-refractivity contribution in [3.8, 4) is 0 Å². The fraction of sp³-hybridized carbons (Fsp3) is 0.500. The van der Waals surface area contributed by atoms with Crippen LogP contribution in [0.3, 0.4) is 0 Å². The van der Waals surface area contributed by atoms with Gasteiger partial charge in [-0.05, 0) is 32.4 Å². The average molecular weight is 250 g/mol. The SMILES string of the molecule is CNC(CCc1cnn(C)c1)c1csc(C)n1. The first kappa shape index (κ1) is 12.3. The Morgan fingerprint density at radius 3 is 2.88 bits per heavy atom. The van der Waals surface area contributed by atoms with Crippen LogP contribution < -0.4 is 5.32 Å². The van der Waals surface area contributed by atoms with Crippen molar-refractivity contribution < 1.29 is 0 Å². The van der Waals surface area contributed by atoms with Crippen molar-refractivity contribution in [2.45, 2.75) is 25.8 Å². The van der Waals surface area contributed by atoms with Crippen LogP contribution in [0.15, 0.2) is 17.8 Å². The largest absolute Gasteiger partial charge is 0.312 e. The zero-order valence-corrected chi connectivity index (χ0v) is 11.3. The molecule has 2 aromatic heterocycles. The van der Waals surface area contributed by atoms with Crippen molar-refractivity contribution in [1.29, 1.82) is 0 Å². The molecule has 2 aromatic rings. The van der Waals surface area contributed by atoms with Crippen LogP contribution >= 0.6 is 11.3 Å². The first-order valence-electron chi connectivity index (χ1n) is 5.76. The molecule has 0 aromatic carbocycles. The van der Waals surface area contributed by atoms with Gasteiger partial charge in [-0.2, -0.15) is 5.10 Å². The number of rotatable bonds is 5. The van der Waals surface area contributed by atoms with E-state index in [0.29, 0.717) is 6.04 Å². The second kappa shape index (κ2) is 5.42. The van der Waals surface area contributed by atoms with Crippen molar-refractivity contribution in [2.75, 3.05) is 7.05 Å². The van der Waals surface area contributed by atoms with Gasteiger partial charge in [-0.3, -0.25) is 4.68 Å². The summed E-state index contributed by atoms with van der Waals surface area (Å²) in [6.45, 7) is 2.04. The summed E-state index contributed by atoms with van der Waals surface area (Å²) in [5, 5.41) is 10.8. The zero-order valence-electron chi connectivity index (χ0n) is 10.5. The molecule has 0 saturated carbocycles. The molecule has 0 aliphatic carbocycles. The third-order valence-electron chi connectivity index (χ3n) is 2.82. The van der Waals surface area contributed by atoms with Gasteiger partial charge in [-0.25, -0.2) is 4.98 Å². The van der Waals surface area contributed by atoms with Gasteiger partial charge in [-0.1, -0.05) is 0 Å². The Hall–Kier alpha value is -1.20. The minimum Gasteiger partial charge on any atom is -0.312 e. The lowest BCUT2D eigenvalue weighted by Gasteiger charge is -2.12. The number of thiazole rings is 1. The van der Waals surface area contributed by atoms with E-state index >= 15 is 0 Å². The molecule has 0 amide bonds. The van der Waals surface area contributed by atoms with Crippen LogP contribution in [0, 0.1) is 6.92 Å². The molecule has 2 rings (SSSR count). The third-order valence-corrected chi connectivity index (χ3v) is 3.61. The highest BCUT2D eigenvalue weighted by Gasteiger charge is 2.12. The van der Waals surface area contributed by atoms with Gasteiger partial charge in [0.2, 0.25) is 0 Å². The van der Waals surface area contributed by atoms with Gasteiger partial charge >= 0.3 is 0 Å². The summed E-state index contributed by atoms with van der Waals surface area (Å²) in [5.74, 6) is 0. The summed E-state index contributed by atoms with van der Waals surface area (Å²) in [6, 6.07) is 0.333. The lowest BCUT2D eigenvalue weighted by atomic mass is 10.1. The zero-order chi connectivity index (χ0) is 12.3. The van der Waals surface area contributed by atoms with Gasteiger partial charge in [0, 0.05) is 18.6 Å². The normalized spacial score (nSPS) is 12.9. The maximum atomic E-state index is 4.53. The summed E-state index contributed by atoms with van der Waals surface area (Å²) < 4.78 is 1.84. The highest BCUT2D eigenvalue weighted by Crippen LogP contribution is 2.20. The molecular formula is C12H18N4S. The van der Waals surface area contributed by atoms with Crippen LogP contribution in [0.2, 0.25) is 0 Å². The third kappa shape index (κ3) is 3.14. The van der Waals surface area contributed by atoms with Crippen LogP contribution in [0.5, 0.6) is 0 Å². The van der Waals surface area contributed by atoms with E-state index < -0.39 is 0 Å². The predicted octanol–water partition coefficient (Wildman–Crippen LogP) is 2.08. The van der Waals surface area contributed by atoms with E-state index in [2.05, 4.69) is 27.0 Å². The Kier molecular flexibility index (Phi) is 3.91. The van der Waals surface area contributed by atoms with Gasteiger partial charge in [0.15, 0.2) is 0 Å². The lowest BCUT2D eigenvalue weighted by Crippen LogP contribution is -2.17. The molecule has 4 nitrogen and oxygen atoms in total. The molecule has 0 saturated heterocycles. The van der Waals surface area contributed by atoms with Crippen LogP contribution in [0.4, 0.5) is 0 Å². The molecule has 0 aliphatic heterocycles. The topological polar surface area (TPSA) is 42.7 Å². The van der Waals surface area contributed by atoms with Gasteiger partial charge < -0.3 is 5.32 Å². The molecule has 92 valence electrons. The molecule has 0 bridgehead atoms. The Labute approximate surface area is 106 Å². The Balaban J connectivity index is 1.96. The molecule has 0 fully saturated rings. The average Bonchev–Trinajstić information content (AvgIpc) is 2.89. The quantitative estimate of drug-likeness (QED) is 0.883. The molecule has 1 N–H and O–H groups in total. The Morgan fingerprint density at radius 1 is 1.53 bits per heavy atom. The number of hydrogen-bond donors (Lipinski definition) is 1. The smallest absolute Gasteiger partial charge is 0.0898 e. The summed E-state index contributed by atoms with van der Waals surface area (Å²) >= 11 is 1.71. The summed E-state index contributed by atoms with van der Waals surface area (Å²) in [6.07, 6.45) is 6.07. The Morgan fingerprint density at radius 2 is 2.35 bits per heavy atom. The fourth-order valence-electron chi connectivity index (χ4n) is 1.89. The van der Waals surface area contributed by atoms with Crippen molar-refractivity contribution >= 4 is 11.3 Å². The first-order valence-corrected chi connectivity index (χ1v) is 6.64. The van der Waals surface area contributed by atoms with Crippen molar-refractivity contribution in [1.82, 2.24) is 20.1 Å². The van der Waals surface area contributed by atoms with E-state index in [1.807, 2.05) is 31.9 Å². The van der Waals surface area contributed by atoms with Crippen LogP contribution in [0.1, 0.15) is 28.7 Å². The second-order valence-electron chi connectivity index (χ2n) is 4.19. The molecule has 1 atom stereocenters. The number of aryl methyl sites for hydroxylation is 3. The van der Waals surface area contributed by atoms with E-state index in [4.69, 9.17) is 0 Å². The van der Waals surface area contributed by atoms with Crippen LogP contribution in [0.25, 0.3) is 0 Å². The van der Waals surface area contributed by atoms with Gasteiger partial charge in [0.25, 0.3) is 0 Å². The molecule has 0 spiro atoms. The standard InChI is InChI=1S/C12H18N4S/c1-9-15-12(8-17-9)11(13-2)5-4-10-6-14-16(3)7-10/h6-8,11,13H,4-5H2,1-3H3. The number of nitrogens with zero attached hydrogens (tertiary/aromatic N) is 3. The molecule has 0 radical (unpaired) electrons. The summed E-state index contributed by atoms with van der Waals surface area (Å²) in [4.78, 5) is 4.53. The number of hydrogen-bond acceptors (Lipinski definition) is 4. The van der Waals surface area contributed by atoms with Gasteiger partial charge in [-0.15, -0.1) is 11.3 Å². The van der Waals surface area contributed by atoms with E-state index in [-0.39, 0.29) is 0 Å². The maximum absolute atomic E-state index is 4.53. The maximum Gasteiger partial charge on any atom is 0.0898 e. The minimum atomic E-state index is 0.333. The molecular weight excluding hydrogens is 232 g/mol. The minimum absolute atomic E-state index is 0.333. The second-order valence-corrected chi connectivity index (χ2v) is 5.26. The van der Waals surface area contributed by atoms with Gasteiger partial charge in [0.05, 0.1) is 22.9 Å². The molecule has 17 heavy (non-hydrogen) atoms. The van der Waals surface area contributed by atoms with Crippen LogP contribution in [-0.2, 0) is 13.5 Å². The van der Waals surface area contributed by atoms with Crippen molar-refractivity contribution in [2.24, 2.45) is 7.05 Å². The number of aromatic nitrogens is 3. The van der Waals surface area contributed by atoms with E-state index in [1.54, 1.807) is 11.3 Å². The molecule has 1 unspecified atom stereocenters. The number of nitrogens with one attached hydrogen (secondary N) is 1. The molecule has 5 heteroatoms. The van der Waals surface area contributed by atoms with E-state index in [9.17, 15) is 0 Å². The van der Waals surface area contributed by atoms with E-state index in [0.717, 1.165) is 23.5 Å². The predicted molar refractivity (Wildman–Crippen MR) is 70.2 cm³/mol. The molecule has 2 heterocycles. The van der Waals surface area contributed by atoms with Crippen molar-refractivity contribution in [3.63, 3.8) is 0 Å². The summed E-state index contributed by atoms with van der Waals surface area (Å²) in [5.41, 5.74) is 2.43. The van der Waals surface area contributed by atoms with Crippen LogP contribution in [-0.4, -0.2) is 21.8 Å². The summed E-state index contributed by atoms with van der Waals surface area (Å²) in [7, 11) is 3.94.